The molecule has 8 heteroatoms. The fourth-order valence-corrected chi connectivity index (χ4v) is 2.93. The minimum absolute atomic E-state index is 0.368. The van der Waals surface area contributed by atoms with Crippen LogP contribution in [0.25, 0.3) is 5.57 Å². The number of rotatable bonds is 8. The highest BCUT2D eigenvalue weighted by atomic mass is 35.5. The van der Waals surface area contributed by atoms with E-state index in [1.165, 1.54) is 12.4 Å². The Kier molecular flexibility index (Phi) is 7.97. The second kappa shape index (κ2) is 10.2. The van der Waals surface area contributed by atoms with Gasteiger partial charge in [-0.25, -0.2) is 4.98 Å². The number of pyridine rings is 1. The second-order valence-corrected chi connectivity index (χ2v) is 6.70. The maximum Gasteiger partial charge on any atom is 0.212 e. The van der Waals surface area contributed by atoms with Crippen LogP contribution < -0.4 is 16.4 Å². The van der Waals surface area contributed by atoms with Crippen LogP contribution in [0, 0.1) is 5.92 Å². The molecule has 0 saturated carbocycles. The van der Waals surface area contributed by atoms with Gasteiger partial charge in [0.25, 0.3) is 0 Å². The molecule has 4 N–H and O–H groups in total. The van der Waals surface area contributed by atoms with Crippen molar-refractivity contribution in [2.75, 3.05) is 25.1 Å². The van der Waals surface area contributed by atoms with E-state index in [4.69, 9.17) is 33.7 Å². The summed E-state index contributed by atoms with van der Waals surface area (Å²) in [5.74, 6) is 0.884. The van der Waals surface area contributed by atoms with Gasteiger partial charge >= 0.3 is 0 Å². The number of halogens is 2. The molecule has 1 saturated heterocycles. The van der Waals surface area contributed by atoms with E-state index in [2.05, 4.69) is 22.2 Å². The van der Waals surface area contributed by atoms with Crippen LogP contribution in [0.3, 0.4) is 0 Å². The van der Waals surface area contributed by atoms with E-state index in [-0.39, 0.29) is 0 Å². The molecule has 0 spiro atoms. The standard InChI is InChI=1S/C18H22Cl2N4O2/c1-12(19)17(22-9-13-2-4-26-5-3-13)6-14(8-21)15-7-18(24-11-25)23-10-16(15)20/h6-8,10-11,13,22H,1-5,9,21H2,(H,23,24,25)/b14-8+,17-6+. The van der Waals surface area contributed by atoms with E-state index in [9.17, 15) is 4.79 Å². The lowest BCUT2D eigenvalue weighted by molar-refractivity contribution is -0.105. The first-order chi connectivity index (χ1) is 12.5. The van der Waals surface area contributed by atoms with Crippen LogP contribution in [0.2, 0.25) is 5.02 Å². The molecule has 0 aliphatic carbocycles. The van der Waals surface area contributed by atoms with Gasteiger partial charge in [0.15, 0.2) is 0 Å². The van der Waals surface area contributed by atoms with Gasteiger partial charge in [-0.1, -0.05) is 29.8 Å². The van der Waals surface area contributed by atoms with E-state index in [0.717, 1.165) is 32.6 Å². The van der Waals surface area contributed by atoms with Crippen LogP contribution >= 0.6 is 23.2 Å². The number of nitrogens with zero attached hydrogens (tertiary/aromatic N) is 1. The Labute approximate surface area is 163 Å². The highest BCUT2D eigenvalue weighted by Gasteiger charge is 2.15. The Bertz CT molecular complexity index is 713. The summed E-state index contributed by atoms with van der Waals surface area (Å²) in [6.45, 7) is 6.13. The van der Waals surface area contributed by atoms with Crippen LogP contribution in [0.5, 0.6) is 0 Å². The van der Waals surface area contributed by atoms with Crippen molar-refractivity contribution in [3.05, 3.63) is 52.4 Å². The quantitative estimate of drug-likeness (QED) is 0.463. The summed E-state index contributed by atoms with van der Waals surface area (Å²) in [5.41, 5.74) is 7.70. The van der Waals surface area contributed by atoms with Crippen molar-refractivity contribution in [1.82, 2.24) is 10.3 Å². The third kappa shape index (κ3) is 5.76. The number of amides is 1. The summed E-state index contributed by atoms with van der Waals surface area (Å²) in [6.07, 6.45) is 7.20. The van der Waals surface area contributed by atoms with E-state index in [1.54, 1.807) is 12.1 Å². The van der Waals surface area contributed by atoms with E-state index in [0.29, 0.717) is 45.0 Å². The molecule has 0 aromatic carbocycles. The van der Waals surface area contributed by atoms with Gasteiger partial charge < -0.3 is 21.1 Å². The molecular formula is C18H22Cl2N4O2. The summed E-state index contributed by atoms with van der Waals surface area (Å²) in [7, 11) is 0. The smallest absolute Gasteiger partial charge is 0.212 e. The number of allylic oxidation sites excluding steroid dienone is 3. The maximum absolute atomic E-state index is 10.6. The fourth-order valence-electron chi connectivity index (χ4n) is 2.60. The summed E-state index contributed by atoms with van der Waals surface area (Å²) in [6, 6.07) is 1.64. The molecular weight excluding hydrogens is 375 g/mol. The van der Waals surface area contributed by atoms with Crippen molar-refractivity contribution < 1.29 is 9.53 Å². The number of anilines is 1. The molecule has 0 atom stereocenters. The topological polar surface area (TPSA) is 89.3 Å². The molecule has 0 radical (unpaired) electrons. The molecule has 1 fully saturated rings. The number of nitrogens with one attached hydrogen (secondary N) is 2. The van der Waals surface area contributed by atoms with Gasteiger partial charge in [0.05, 0.1) is 15.8 Å². The van der Waals surface area contributed by atoms with Crippen LogP contribution in [-0.2, 0) is 9.53 Å². The molecule has 1 aliphatic heterocycles. The molecule has 140 valence electrons. The van der Waals surface area contributed by atoms with Crippen LogP contribution in [0.4, 0.5) is 5.82 Å². The van der Waals surface area contributed by atoms with Crippen molar-refractivity contribution in [3.63, 3.8) is 0 Å². The Morgan fingerprint density at radius 2 is 2.19 bits per heavy atom. The molecule has 2 rings (SSSR count). The molecule has 6 nitrogen and oxygen atoms in total. The van der Waals surface area contributed by atoms with E-state index in [1.807, 2.05) is 0 Å². The van der Waals surface area contributed by atoms with Crippen molar-refractivity contribution in [2.45, 2.75) is 12.8 Å². The molecule has 26 heavy (non-hydrogen) atoms. The van der Waals surface area contributed by atoms with E-state index < -0.39 is 0 Å². The van der Waals surface area contributed by atoms with Gasteiger partial charge in [0.2, 0.25) is 6.41 Å². The van der Waals surface area contributed by atoms with Crippen LogP contribution in [0.1, 0.15) is 18.4 Å². The highest BCUT2D eigenvalue weighted by molar-refractivity contribution is 6.33. The molecule has 0 unspecified atom stereocenters. The Hall–Kier alpha value is -2.02. The first-order valence-electron chi connectivity index (χ1n) is 8.21. The number of ether oxygens (including phenoxy) is 1. The Morgan fingerprint density at radius 3 is 2.81 bits per heavy atom. The Morgan fingerprint density at radius 1 is 1.46 bits per heavy atom. The lowest BCUT2D eigenvalue weighted by atomic mass is 10.00. The lowest BCUT2D eigenvalue weighted by Crippen LogP contribution is -2.27. The van der Waals surface area contributed by atoms with Gasteiger partial charge in [0, 0.05) is 43.3 Å². The normalized spacial score (nSPS) is 16.2. The summed E-state index contributed by atoms with van der Waals surface area (Å²) in [5, 5.41) is 6.59. The van der Waals surface area contributed by atoms with Crippen LogP contribution in [-0.4, -0.2) is 31.2 Å². The van der Waals surface area contributed by atoms with Crippen molar-refractivity contribution in [2.24, 2.45) is 11.7 Å². The zero-order valence-electron chi connectivity index (χ0n) is 14.3. The van der Waals surface area contributed by atoms with Gasteiger partial charge in [-0.05, 0) is 30.9 Å². The molecule has 0 bridgehead atoms. The number of nitrogens with two attached hydrogens (primary N) is 1. The number of aromatic nitrogens is 1. The number of carbonyl (C=O) groups is 1. The number of hydrogen-bond donors (Lipinski definition) is 3. The third-order valence-corrected chi connectivity index (χ3v) is 4.57. The Balaban J connectivity index is 2.21. The summed E-state index contributed by atoms with van der Waals surface area (Å²) >= 11 is 12.4. The molecule has 1 amide bonds. The SMILES string of the molecule is C=C(Cl)/C(=C\C(=C/N)c1cc(NC=O)ncc1Cl)NCC1CCOCC1. The summed E-state index contributed by atoms with van der Waals surface area (Å²) < 4.78 is 5.38. The van der Waals surface area contributed by atoms with Gasteiger partial charge in [-0.2, -0.15) is 0 Å². The van der Waals surface area contributed by atoms with Gasteiger partial charge in [0.1, 0.15) is 5.82 Å². The maximum atomic E-state index is 10.6. The number of hydrogen-bond acceptors (Lipinski definition) is 5. The molecule has 1 aromatic heterocycles. The van der Waals surface area contributed by atoms with Crippen molar-refractivity contribution >= 4 is 41.0 Å². The zero-order chi connectivity index (χ0) is 18.9. The largest absolute Gasteiger partial charge is 0.404 e. The fraction of sp³-hybridized carbons (Fsp3) is 0.333. The molecule has 1 aromatic rings. The first-order valence-corrected chi connectivity index (χ1v) is 8.96. The molecule has 2 heterocycles. The minimum Gasteiger partial charge on any atom is -0.404 e. The average Bonchev–Trinajstić information content (AvgIpc) is 2.64. The van der Waals surface area contributed by atoms with Crippen LogP contribution in [0.15, 0.2) is 41.8 Å². The van der Waals surface area contributed by atoms with Gasteiger partial charge in [-0.15, -0.1) is 0 Å². The van der Waals surface area contributed by atoms with Crippen molar-refractivity contribution in [3.8, 4) is 0 Å². The summed E-state index contributed by atoms with van der Waals surface area (Å²) in [4.78, 5) is 14.7. The average molecular weight is 397 g/mol. The lowest BCUT2D eigenvalue weighted by Gasteiger charge is -2.23. The number of carbonyl (C=O) groups excluding carboxylic acids is 1. The van der Waals surface area contributed by atoms with E-state index >= 15 is 0 Å². The predicted molar refractivity (Wildman–Crippen MR) is 106 cm³/mol. The highest BCUT2D eigenvalue weighted by Crippen LogP contribution is 2.28. The predicted octanol–water partition coefficient (Wildman–Crippen LogP) is 3.26. The minimum atomic E-state index is 0.368. The third-order valence-electron chi connectivity index (χ3n) is 4.07. The second-order valence-electron chi connectivity index (χ2n) is 5.83. The van der Waals surface area contributed by atoms with Gasteiger partial charge in [-0.3, -0.25) is 4.79 Å². The van der Waals surface area contributed by atoms with Crippen molar-refractivity contribution in [1.29, 1.82) is 0 Å². The molecule has 1 aliphatic rings. The monoisotopic (exact) mass is 396 g/mol. The first kappa shape index (κ1) is 20.3. The zero-order valence-corrected chi connectivity index (χ0v) is 15.8.